The molecule has 1 heterocycles. The van der Waals surface area contributed by atoms with E-state index in [1.807, 2.05) is 0 Å². The van der Waals surface area contributed by atoms with Gasteiger partial charge in [-0.15, -0.1) is 0 Å². The van der Waals surface area contributed by atoms with E-state index in [2.05, 4.69) is 34.6 Å². The molecule has 3 heteroatoms. The van der Waals surface area contributed by atoms with Crippen molar-refractivity contribution in [2.45, 2.75) is 105 Å². The van der Waals surface area contributed by atoms with Crippen molar-refractivity contribution in [1.29, 1.82) is 0 Å². The summed E-state index contributed by atoms with van der Waals surface area (Å²) in [6, 6.07) is 0. The number of rotatable bonds is 12. The van der Waals surface area contributed by atoms with Gasteiger partial charge in [-0.3, -0.25) is 4.79 Å². The third-order valence-electron chi connectivity index (χ3n) is 5.86. The Balaban J connectivity index is 2.75. The highest BCUT2D eigenvalue weighted by molar-refractivity contribution is 5.72. The van der Waals surface area contributed by atoms with Crippen LogP contribution in [0.2, 0.25) is 0 Å². The van der Waals surface area contributed by atoms with Crippen LogP contribution in [0.4, 0.5) is 0 Å². The van der Waals surface area contributed by atoms with Crippen molar-refractivity contribution in [3.8, 4) is 0 Å². The van der Waals surface area contributed by atoms with Gasteiger partial charge >= 0.3 is 5.97 Å². The van der Waals surface area contributed by atoms with E-state index in [1.54, 1.807) is 0 Å². The third-order valence-corrected chi connectivity index (χ3v) is 5.86. The topological polar surface area (TPSA) is 46.5 Å². The third kappa shape index (κ3) is 6.74. The summed E-state index contributed by atoms with van der Waals surface area (Å²) in [6.45, 7) is 11.4. The summed E-state index contributed by atoms with van der Waals surface area (Å²) < 4.78 is 5.08. The molecule has 1 aliphatic rings. The number of hydrogen-bond acceptors (Lipinski definition) is 3. The zero-order chi connectivity index (χ0) is 18.2. The number of esters is 1. The van der Waals surface area contributed by atoms with E-state index < -0.39 is 6.29 Å². The van der Waals surface area contributed by atoms with E-state index in [4.69, 9.17) is 4.74 Å². The van der Waals surface area contributed by atoms with Gasteiger partial charge in [-0.25, -0.2) is 0 Å². The highest BCUT2D eigenvalue weighted by atomic mass is 16.6. The van der Waals surface area contributed by atoms with Crippen LogP contribution in [0.1, 0.15) is 98.8 Å². The summed E-state index contributed by atoms with van der Waals surface area (Å²) in [5.41, 5.74) is -0.0234. The molecule has 0 saturated carbocycles. The van der Waals surface area contributed by atoms with E-state index in [9.17, 15) is 9.90 Å². The Bertz CT molecular complexity index is 368. The van der Waals surface area contributed by atoms with Crippen LogP contribution in [0.25, 0.3) is 0 Å². The van der Waals surface area contributed by atoms with Crippen molar-refractivity contribution >= 4 is 5.97 Å². The molecule has 0 spiro atoms. The molecule has 0 aliphatic carbocycles. The molecule has 1 fully saturated rings. The SMILES string of the molecule is CCCCCC(C)CC(C)(CC(C)CCCC)C1CC(=O)OC1O. The van der Waals surface area contributed by atoms with Crippen LogP contribution in [-0.2, 0) is 9.53 Å². The predicted molar refractivity (Wildman–Crippen MR) is 99.5 cm³/mol. The fraction of sp³-hybridized carbons (Fsp3) is 0.952. The van der Waals surface area contributed by atoms with Crippen molar-refractivity contribution in [2.75, 3.05) is 0 Å². The minimum Gasteiger partial charge on any atom is -0.436 e. The molecule has 5 unspecified atom stereocenters. The number of cyclic esters (lactones) is 1. The Labute approximate surface area is 149 Å². The van der Waals surface area contributed by atoms with Crippen molar-refractivity contribution in [3.63, 3.8) is 0 Å². The van der Waals surface area contributed by atoms with E-state index in [0.29, 0.717) is 18.3 Å². The number of carbonyl (C=O) groups is 1. The van der Waals surface area contributed by atoms with Crippen LogP contribution < -0.4 is 0 Å². The van der Waals surface area contributed by atoms with Crippen LogP contribution in [-0.4, -0.2) is 17.4 Å². The van der Waals surface area contributed by atoms with Crippen LogP contribution in [0.3, 0.4) is 0 Å². The minimum absolute atomic E-state index is 0.0234. The van der Waals surface area contributed by atoms with Crippen LogP contribution in [0, 0.1) is 23.2 Å². The molecule has 0 amide bonds. The average molecular weight is 341 g/mol. The van der Waals surface area contributed by atoms with Gasteiger partial charge in [-0.2, -0.15) is 0 Å². The van der Waals surface area contributed by atoms with E-state index >= 15 is 0 Å². The molecule has 1 N–H and O–H groups in total. The second kappa shape index (κ2) is 10.4. The Hall–Kier alpha value is -0.570. The molecule has 3 nitrogen and oxygen atoms in total. The molecule has 1 aliphatic heterocycles. The zero-order valence-corrected chi connectivity index (χ0v) is 16.6. The van der Waals surface area contributed by atoms with Gasteiger partial charge in [-0.05, 0) is 30.1 Å². The van der Waals surface area contributed by atoms with Crippen LogP contribution >= 0.6 is 0 Å². The highest BCUT2D eigenvalue weighted by Gasteiger charge is 2.46. The second-order valence-corrected chi connectivity index (χ2v) is 8.60. The fourth-order valence-corrected chi connectivity index (χ4v) is 4.61. The largest absolute Gasteiger partial charge is 0.436 e. The van der Waals surface area contributed by atoms with Gasteiger partial charge in [0.15, 0.2) is 0 Å². The molecular formula is C21H40O3. The summed E-state index contributed by atoms with van der Waals surface area (Å²) in [7, 11) is 0. The lowest BCUT2D eigenvalue weighted by atomic mass is 9.65. The molecule has 1 rings (SSSR count). The van der Waals surface area contributed by atoms with Gasteiger partial charge in [-0.1, -0.05) is 79.6 Å². The lowest BCUT2D eigenvalue weighted by Gasteiger charge is -2.40. The number of unbranched alkanes of at least 4 members (excludes halogenated alkanes) is 3. The molecule has 1 saturated heterocycles. The maximum absolute atomic E-state index is 11.7. The minimum atomic E-state index is -0.913. The Kier molecular flexibility index (Phi) is 9.33. The summed E-state index contributed by atoms with van der Waals surface area (Å²) in [4.78, 5) is 11.7. The standard InChI is InChI=1S/C21H40O3/c1-6-8-10-12-17(4)15-21(5,14-16(3)11-9-7-2)18-13-19(22)24-20(18)23/h16-18,20,23H,6-15H2,1-5H3. The van der Waals surface area contributed by atoms with Gasteiger partial charge in [0.2, 0.25) is 6.29 Å². The maximum Gasteiger partial charge on any atom is 0.308 e. The molecule has 0 aromatic heterocycles. The normalized spacial score (nSPS) is 26.0. The number of carbonyl (C=O) groups excluding carboxylic acids is 1. The molecular weight excluding hydrogens is 300 g/mol. The van der Waals surface area contributed by atoms with Gasteiger partial charge in [0.1, 0.15) is 0 Å². The number of aliphatic hydroxyl groups excluding tert-OH is 1. The Morgan fingerprint density at radius 1 is 1.08 bits per heavy atom. The van der Waals surface area contributed by atoms with Gasteiger partial charge in [0, 0.05) is 5.92 Å². The van der Waals surface area contributed by atoms with Crippen molar-refractivity contribution in [1.82, 2.24) is 0 Å². The quantitative estimate of drug-likeness (QED) is 0.366. The lowest BCUT2D eigenvalue weighted by molar-refractivity contribution is -0.160. The van der Waals surface area contributed by atoms with Crippen molar-refractivity contribution in [3.05, 3.63) is 0 Å². The molecule has 5 atom stereocenters. The van der Waals surface area contributed by atoms with Crippen LogP contribution in [0.5, 0.6) is 0 Å². The zero-order valence-electron chi connectivity index (χ0n) is 16.6. The monoisotopic (exact) mass is 340 g/mol. The number of aliphatic hydroxyl groups is 1. The van der Waals surface area contributed by atoms with Crippen molar-refractivity contribution < 1.29 is 14.6 Å². The smallest absolute Gasteiger partial charge is 0.308 e. The van der Waals surface area contributed by atoms with Gasteiger partial charge in [0.05, 0.1) is 6.42 Å². The molecule has 0 bridgehead atoms. The first kappa shape index (κ1) is 21.5. The lowest BCUT2D eigenvalue weighted by Crippen LogP contribution is -2.36. The summed E-state index contributed by atoms with van der Waals surface area (Å²) >= 11 is 0. The molecule has 0 radical (unpaired) electrons. The van der Waals surface area contributed by atoms with E-state index in [-0.39, 0.29) is 17.3 Å². The molecule has 142 valence electrons. The molecule has 24 heavy (non-hydrogen) atoms. The first-order valence-corrected chi connectivity index (χ1v) is 10.2. The average Bonchev–Trinajstić information content (AvgIpc) is 2.84. The number of hydrogen-bond donors (Lipinski definition) is 1. The summed E-state index contributed by atoms with van der Waals surface area (Å²) in [5.74, 6) is 0.963. The van der Waals surface area contributed by atoms with Crippen molar-refractivity contribution in [2.24, 2.45) is 23.2 Å². The summed E-state index contributed by atoms with van der Waals surface area (Å²) in [6.07, 6.45) is 10.4. The predicted octanol–water partition coefficient (Wildman–Crippen LogP) is 5.70. The van der Waals surface area contributed by atoms with Gasteiger partial charge < -0.3 is 9.84 Å². The molecule has 0 aromatic carbocycles. The second-order valence-electron chi connectivity index (χ2n) is 8.60. The Morgan fingerprint density at radius 2 is 1.62 bits per heavy atom. The summed E-state index contributed by atoms with van der Waals surface area (Å²) in [5, 5.41) is 10.3. The Morgan fingerprint density at radius 3 is 2.08 bits per heavy atom. The molecule has 0 aromatic rings. The fourth-order valence-electron chi connectivity index (χ4n) is 4.61. The van der Waals surface area contributed by atoms with Crippen LogP contribution in [0.15, 0.2) is 0 Å². The maximum atomic E-state index is 11.7. The highest BCUT2D eigenvalue weighted by Crippen LogP contribution is 2.47. The van der Waals surface area contributed by atoms with E-state index in [0.717, 1.165) is 12.8 Å². The van der Waals surface area contributed by atoms with E-state index in [1.165, 1.54) is 44.9 Å². The first-order chi connectivity index (χ1) is 11.3. The van der Waals surface area contributed by atoms with Gasteiger partial charge in [0.25, 0.3) is 0 Å². The number of ether oxygens (including phenoxy) is 1. The first-order valence-electron chi connectivity index (χ1n) is 10.2.